The number of hydrogen-bond acceptors (Lipinski definition) is 6. The maximum atomic E-state index is 11.1. The molecule has 2 N–H and O–H groups in total. The summed E-state index contributed by atoms with van der Waals surface area (Å²) in [6.45, 7) is 4.02. The topological polar surface area (TPSA) is 97.9 Å². The van der Waals surface area contributed by atoms with Gasteiger partial charge in [-0.2, -0.15) is 20.9 Å². The molecule has 0 spiro atoms. The number of hydrazone groups is 1. The van der Waals surface area contributed by atoms with E-state index in [0.717, 1.165) is 6.42 Å². The molecule has 0 aliphatic carbocycles. The number of carboxylic acid groups (broad SMARTS) is 1. The minimum Gasteiger partial charge on any atom is -0.492 e. The van der Waals surface area contributed by atoms with Crippen LogP contribution in [0.5, 0.6) is 5.75 Å². The van der Waals surface area contributed by atoms with Crippen molar-refractivity contribution < 1.29 is 14.6 Å². The molecule has 1 aliphatic rings. The van der Waals surface area contributed by atoms with E-state index >= 15 is 0 Å². The average molecular weight is 288 g/mol. The molecular weight excluding hydrogens is 272 g/mol. The van der Waals surface area contributed by atoms with Crippen LogP contribution in [-0.4, -0.2) is 29.4 Å². The predicted molar refractivity (Wildman–Crippen MR) is 77.1 cm³/mol. The molecule has 1 unspecified atom stereocenters. The van der Waals surface area contributed by atoms with Crippen LogP contribution in [0, 0.1) is 11.3 Å². The van der Waals surface area contributed by atoms with Crippen LogP contribution in [-0.2, 0) is 4.79 Å². The molecule has 1 aromatic carbocycles. The molecular formula is C14H16N4O3. The molecule has 1 aromatic rings. The van der Waals surface area contributed by atoms with Gasteiger partial charge in [0.1, 0.15) is 11.8 Å². The normalized spacial score (nSPS) is 20.3. The quantitative estimate of drug-likeness (QED) is 0.852. The summed E-state index contributed by atoms with van der Waals surface area (Å²) in [7, 11) is 0. The van der Waals surface area contributed by atoms with Gasteiger partial charge in [0.05, 0.1) is 24.1 Å². The van der Waals surface area contributed by atoms with Crippen molar-refractivity contribution >= 4 is 17.9 Å². The van der Waals surface area contributed by atoms with E-state index in [9.17, 15) is 10.1 Å². The second-order valence-electron chi connectivity index (χ2n) is 4.82. The third kappa shape index (κ3) is 2.95. The van der Waals surface area contributed by atoms with Crippen molar-refractivity contribution in [2.24, 2.45) is 5.10 Å². The number of anilines is 1. The number of aliphatic carboxylic acids is 1. The first kappa shape index (κ1) is 14.8. The largest absolute Gasteiger partial charge is 0.492 e. The first-order valence-corrected chi connectivity index (χ1v) is 6.53. The van der Waals surface area contributed by atoms with Crippen molar-refractivity contribution in [3.05, 3.63) is 23.8 Å². The molecule has 0 saturated carbocycles. The van der Waals surface area contributed by atoms with Crippen LogP contribution < -0.4 is 15.3 Å². The van der Waals surface area contributed by atoms with E-state index in [4.69, 9.17) is 9.84 Å². The number of nitrogens with one attached hydrogen (secondary N) is 1. The van der Waals surface area contributed by atoms with Gasteiger partial charge in [-0.05, 0) is 31.5 Å². The van der Waals surface area contributed by atoms with Gasteiger partial charge in [0.2, 0.25) is 0 Å². The Hall–Kier alpha value is -2.59. The zero-order valence-corrected chi connectivity index (χ0v) is 11.8. The molecule has 0 saturated heterocycles. The van der Waals surface area contributed by atoms with Gasteiger partial charge in [-0.15, -0.1) is 0 Å². The second kappa shape index (κ2) is 5.81. The second-order valence-corrected chi connectivity index (χ2v) is 4.82. The Morgan fingerprint density at radius 2 is 2.38 bits per heavy atom. The minimum absolute atomic E-state index is 0.377. The number of carboxylic acids is 1. The minimum atomic E-state index is -1.26. The van der Waals surface area contributed by atoms with Crippen molar-refractivity contribution in [3.8, 4) is 11.8 Å². The molecule has 7 nitrogen and oxygen atoms in total. The molecule has 110 valence electrons. The van der Waals surface area contributed by atoms with Gasteiger partial charge in [0.15, 0.2) is 5.54 Å². The van der Waals surface area contributed by atoms with Crippen LogP contribution in [0.1, 0.15) is 25.8 Å². The van der Waals surface area contributed by atoms with E-state index in [0.29, 0.717) is 23.6 Å². The number of carbonyl (C=O) groups is 1. The summed E-state index contributed by atoms with van der Waals surface area (Å²) in [5.41, 5.74) is 2.44. The fraction of sp³-hybridized carbons (Fsp3) is 0.357. The molecule has 1 atom stereocenters. The van der Waals surface area contributed by atoms with Crippen molar-refractivity contribution in [2.75, 3.05) is 11.7 Å². The third-order valence-electron chi connectivity index (χ3n) is 3.00. The molecule has 0 bridgehead atoms. The molecule has 0 amide bonds. The Kier molecular flexibility index (Phi) is 4.10. The van der Waals surface area contributed by atoms with Gasteiger partial charge in [-0.25, -0.2) is 4.79 Å². The van der Waals surface area contributed by atoms with Crippen LogP contribution in [0.4, 0.5) is 5.69 Å². The Balaban J connectivity index is 2.22. The first-order chi connectivity index (χ1) is 10.00. The summed E-state index contributed by atoms with van der Waals surface area (Å²) < 4.78 is 5.48. The van der Waals surface area contributed by atoms with Gasteiger partial charge in [-0.3, -0.25) is 0 Å². The number of benzene rings is 1. The lowest BCUT2D eigenvalue weighted by Crippen LogP contribution is -2.51. The molecule has 0 aromatic heterocycles. The lowest BCUT2D eigenvalue weighted by Gasteiger charge is -2.21. The van der Waals surface area contributed by atoms with E-state index in [1.807, 2.05) is 6.92 Å². The summed E-state index contributed by atoms with van der Waals surface area (Å²) in [5, 5.41) is 23.6. The summed E-state index contributed by atoms with van der Waals surface area (Å²) in [6.07, 6.45) is 2.16. The van der Waals surface area contributed by atoms with Gasteiger partial charge in [0.25, 0.3) is 0 Å². The third-order valence-corrected chi connectivity index (χ3v) is 3.00. The van der Waals surface area contributed by atoms with E-state index in [1.165, 1.54) is 18.3 Å². The van der Waals surface area contributed by atoms with Crippen molar-refractivity contribution in [2.45, 2.75) is 25.8 Å². The predicted octanol–water partition coefficient (Wildman–Crippen LogP) is 1.50. The molecule has 7 heteroatoms. The van der Waals surface area contributed by atoms with Gasteiger partial charge < -0.3 is 9.84 Å². The zero-order valence-electron chi connectivity index (χ0n) is 11.8. The van der Waals surface area contributed by atoms with Gasteiger partial charge in [0, 0.05) is 0 Å². The summed E-state index contributed by atoms with van der Waals surface area (Å²) >= 11 is 0. The van der Waals surface area contributed by atoms with Gasteiger partial charge in [-0.1, -0.05) is 6.92 Å². The van der Waals surface area contributed by atoms with Crippen molar-refractivity contribution in [3.63, 3.8) is 0 Å². The van der Waals surface area contributed by atoms with Crippen LogP contribution in [0.15, 0.2) is 23.3 Å². The molecule has 1 aliphatic heterocycles. The standard InChI is InChI=1S/C14H16N4O3/c1-3-6-21-12-5-4-11(7-10(12)8-15)18-16-9-14(2,17-18)13(19)20/h4-5,7,9,17H,3,6H2,1-2H3,(H,19,20). The lowest BCUT2D eigenvalue weighted by molar-refractivity contribution is -0.140. The summed E-state index contributed by atoms with van der Waals surface area (Å²) in [6, 6.07) is 7.05. The van der Waals surface area contributed by atoms with Crippen LogP contribution >= 0.6 is 0 Å². The fourth-order valence-corrected chi connectivity index (χ4v) is 1.76. The maximum absolute atomic E-state index is 11.1. The highest BCUT2D eigenvalue weighted by atomic mass is 16.5. The fourth-order valence-electron chi connectivity index (χ4n) is 1.76. The monoisotopic (exact) mass is 288 g/mol. The van der Waals surface area contributed by atoms with Crippen LogP contribution in [0.2, 0.25) is 0 Å². The van der Waals surface area contributed by atoms with E-state index in [-0.39, 0.29) is 0 Å². The van der Waals surface area contributed by atoms with E-state index in [1.54, 1.807) is 18.2 Å². The molecule has 0 fully saturated rings. The Morgan fingerprint density at radius 1 is 1.62 bits per heavy atom. The Labute approximate surface area is 122 Å². The molecule has 1 heterocycles. The van der Waals surface area contributed by atoms with E-state index < -0.39 is 11.5 Å². The SMILES string of the molecule is CCCOc1ccc(N2N=CC(C)(C(=O)O)N2)cc1C#N. The zero-order chi connectivity index (χ0) is 15.5. The highest BCUT2D eigenvalue weighted by Crippen LogP contribution is 2.26. The van der Waals surface area contributed by atoms with Crippen LogP contribution in [0.25, 0.3) is 0 Å². The number of nitriles is 1. The smallest absolute Gasteiger partial charge is 0.331 e. The highest BCUT2D eigenvalue weighted by molar-refractivity contribution is 6.00. The summed E-state index contributed by atoms with van der Waals surface area (Å²) in [4.78, 5) is 11.1. The number of ether oxygens (including phenoxy) is 1. The average Bonchev–Trinajstić information content (AvgIpc) is 2.89. The molecule has 21 heavy (non-hydrogen) atoms. The van der Waals surface area contributed by atoms with Crippen molar-refractivity contribution in [1.82, 2.24) is 5.43 Å². The van der Waals surface area contributed by atoms with E-state index in [2.05, 4.69) is 16.6 Å². The van der Waals surface area contributed by atoms with Crippen molar-refractivity contribution in [1.29, 1.82) is 5.26 Å². The number of hydrogen-bond donors (Lipinski definition) is 2. The van der Waals surface area contributed by atoms with Crippen LogP contribution in [0.3, 0.4) is 0 Å². The number of nitrogens with zero attached hydrogens (tertiary/aromatic N) is 3. The maximum Gasteiger partial charge on any atom is 0.331 e. The number of rotatable bonds is 5. The Bertz CT molecular complexity index is 623. The molecule has 2 rings (SSSR count). The highest BCUT2D eigenvalue weighted by Gasteiger charge is 2.37. The number of hydrazine groups is 1. The lowest BCUT2D eigenvalue weighted by atomic mass is 10.1. The van der Waals surface area contributed by atoms with Gasteiger partial charge >= 0.3 is 5.97 Å². The Morgan fingerprint density at radius 3 is 2.95 bits per heavy atom. The summed E-state index contributed by atoms with van der Waals surface area (Å²) in [5.74, 6) is -0.524. The molecule has 0 radical (unpaired) electrons. The first-order valence-electron chi connectivity index (χ1n) is 6.53.